The molecule has 2 heterocycles. The maximum absolute atomic E-state index is 14.4. The molecular weight excluding hydrogens is 731 g/mol. The summed E-state index contributed by atoms with van der Waals surface area (Å²) in [5.74, 6) is -0.706. The second-order valence-corrected chi connectivity index (χ2v) is 18.0. The number of aliphatic hydroxyl groups is 1. The van der Waals surface area contributed by atoms with E-state index in [0.29, 0.717) is 24.3 Å². The summed E-state index contributed by atoms with van der Waals surface area (Å²) in [6.45, 7) is 13.4. The first kappa shape index (κ1) is 42.4. The summed E-state index contributed by atoms with van der Waals surface area (Å²) >= 11 is 1.40. The number of aromatic nitrogens is 1. The zero-order valence-electron chi connectivity index (χ0n) is 32.0. The number of benzene rings is 2. The van der Waals surface area contributed by atoms with Crippen LogP contribution in [0.5, 0.6) is 0 Å². The second-order valence-electron chi connectivity index (χ2n) is 15.2. The average Bonchev–Trinajstić information content (AvgIpc) is 3.70. The van der Waals surface area contributed by atoms with Gasteiger partial charge >= 0.3 is 6.03 Å². The number of hydrogen-bond acceptors (Lipinski definition) is 10. The number of sulfonamides is 1. The van der Waals surface area contributed by atoms with Crippen LogP contribution >= 0.6 is 11.3 Å². The van der Waals surface area contributed by atoms with Crippen molar-refractivity contribution in [1.82, 2.24) is 29.7 Å². The summed E-state index contributed by atoms with van der Waals surface area (Å²) < 4.78 is 29.1. The highest BCUT2D eigenvalue weighted by molar-refractivity contribution is 7.89. The number of nitrogens with one attached hydrogen (secondary N) is 2. The van der Waals surface area contributed by atoms with Crippen molar-refractivity contribution in [2.45, 2.75) is 90.6 Å². The fraction of sp³-hybridized carbons (Fsp3) is 0.500. The van der Waals surface area contributed by atoms with Crippen LogP contribution in [0.2, 0.25) is 0 Å². The molecule has 1 fully saturated rings. The number of hydrogen-bond donors (Lipinski definition) is 4. The minimum Gasteiger partial charge on any atom is -0.411 e. The Balaban J connectivity index is 1.57. The van der Waals surface area contributed by atoms with E-state index in [9.17, 15) is 27.9 Å². The standard InChI is InChI=1S/C38H53N7O7S2/c1-25(2)21-44(54(51,52)31-15-13-29(14-16-31)20-39-50)23-33(47)32(19-28-11-9-8-10-12-28)42-35(48)34(38(5,6)7)45-18-17-43(37(45)49)22-30-24-53-36(41-30)26(3)40-27(4)46/h8-16,20,24-26,32-34,47,50H,17-19,21-23H2,1-7H3,(H,40,46)(H,42,48)/b39-20+/t26-,32-,33+,34+/m0/s1. The maximum Gasteiger partial charge on any atom is 0.321 e. The fourth-order valence-corrected chi connectivity index (χ4v) is 8.95. The molecule has 1 saturated heterocycles. The van der Waals surface area contributed by atoms with Crippen molar-refractivity contribution in [2.24, 2.45) is 16.5 Å². The Kier molecular flexibility index (Phi) is 14.4. The van der Waals surface area contributed by atoms with E-state index in [1.54, 1.807) is 9.80 Å². The molecule has 4 N–H and O–H groups in total. The van der Waals surface area contributed by atoms with Gasteiger partial charge in [0, 0.05) is 38.5 Å². The third kappa shape index (κ3) is 11.1. The molecule has 0 unspecified atom stereocenters. The lowest BCUT2D eigenvalue weighted by Crippen LogP contribution is -2.59. The van der Waals surface area contributed by atoms with Gasteiger partial charge in [0.2, 0.25) is 21.8 Å². The van der Waals surface area contributed by atoms with Crippen LogP contribution in [0.4, 0.5) is 4.79 Å². The molecule has 0 aliphatic carbocycles. The molecule has 3 aromatic rings. The monoisotopic (exact) mass is 783 g/mol. The van der Waals surface area contributed by atoms with Crippen LogP contribution in [0, 0.1) is 11.3 Å². The van der Waals surface area contributed by atoms with Gasteiger partial charge in [-0.3, -0.25) is 9.59 Å². The minimum atomic E-state index is -4.09. The first-order valence-electron chi connectivity index (χ1n) is 18.0. The highest BCUT2D eigenvalue weighted by Crippen LogP contribution is 2.30. The van der Waals surface area contributed by atoms with E-state index in [1.165, 1.54) is 53.0 Å². The van der Waals surface area contributed by atoms with Crippen LogP contribution < -0.4 is 10.6 Å². The molecule has 4 rings (SSSR count). The molecule has 4 amide bonds. The molecule has 14 nitrogen and oxygen atoms in total. The lowest BCUT2D eigenvalue weighted by atomic mass is 9.84. The fourth-order valence-electron chi connectivity index (χ4n) is 6.51. The van der Waals surface area contributed by atoms with E-state index in [1.807, 2.05) is 77.3 Å². The van der Waals surface area contributed by atoms with E-state index in [0.717, 1.165) is 10.6 Å². The number of nitrogens with zero attached hydrogens (tertiary/aromatic N) is 5. The number of amides is 4. The summed E-state index contributed by atoms with van der Waals surface area (Å²) in [7, 11) is -4.09. The molecule has 1 aromatic heterocycles. The lowest BCUT2D eigenvalue weighted by molar-refractivity contribution is -0.130. The van der Waals surface area contributed by atoms with Crippen molar-refractivity contribution in [2.75, 3.05) is 26.2 Å². The van der Waals surface area contributed by atoms with Crippen molar-refractivity contribution >= 4 is 45.4 Å². The molecule has 16 heteroatoms. The summed E-state index contributed by atoms with van der Waals surface area (Å²) in [5, 5.41) is 32.1. The number of rotatable bonds is 17. The summed E-state index contributed by atoms with van der Waals surface area (Å²) in [5.41, 5.74) is 1.31. The molecule has 0 spiro atoms. The van der Waals surface area contributed by atoms with Gasteiger partial charge in [-0.25, -0.2) is 18.2 Å². The van der Waals surface area contributed by atoms with E-state index < -0.39 is 39.5 Å². The van der Waals surface area contributed by atoms with Crippen molar-refractivity contribution in [3.63, 3.8) is 0 Å². The Morgan fingerprint density at radius 2 is 1.70 bits per heavy atom. The van der Waals surface area contributed by atoms with Crippen LogP contribution in [-0.4, -0.2) is 106 Å². The zero-order valence-corrected chi connectivity index (χ0v) is 33.6. The van der Waals surface area contributed by atoms with E-state index in [4.69, 9.17) is 5.21 Å². The van der Waals surface area contributed by atoms with E-state index >= 15 is 0 Å². The van der Waals surface area contributed by atoms with Crippen LogP contribution in [0.15, 0.2) is 70.0 Å². The van der Waals surface area contributed by atoms with Gasteiger partial charge in [0.15, 0.2) is 0 Å². The molecule has 294 valence electrons. The molecule has 0 bridgehead atoms. The predicted molar refractivity (Wildman–Crippen MR) is 208 cm³/mol. The minimum absolute atomic E-state index is 0.00935. The van der Waals surface area contributed by atoms with Crippen molar-refractivity contribution in [3.8, 4) is 0 Å². The summed E-state index contributed by atoms with van der Waals surface area (Å²) in [4.78, 5) is 47.6. The number of oxime groups is 1. The normalized spacial score (nSPS) is 16.2. The maximum atomic E-state index is 14.4. The number of carbonyl (C=O) groups excluding carboxylic acids is 3. The van der Waals surface area contributed by atoms with E-state index in [-0.39, 0.29) is 54.8 Å². The van der Waals surface area contributed by atoms with Crippen molar-refractivity contribution < 1.29 is 33.1 Å². The Hall–Kier alpha value is -4.38. The number of thiazole rings is 1. The van der Waals surface area contributed by atoms with Gasteiger partial charge in [-0.05, 0) is 47.9 Å². The molecule has 0 saturated carbocycles. The Labute approximate surface area is 322 Å². The van der Waals surface area contributed by atoms with Gasteiger partial charge in [-0.1, -0.05) is 82.2 Å². The average molecular weight is 784 g/mol. The topological polar surface area (TPSA) is 185 Å². The third-order valence-electron chi connectivity index (χ3n) is 8.99. The smallest absolute Gasteiger partial charge is 0.321 e. The molecule has 1 aliphatic rings. The molecule has 4 atom stereocenters. The van der Waals surface area contributed by atoms with Gasteiger partial charge in [0.25, 0.3) is 0 Å². The first-order valence-corrected chi connectivity index (χ1v) is 20.3. The number of aliphatic hydroxyl groups excluding tert-OH is 1. The number of urea groups is 1. The van der Waals surface area contributed by atoms with Crippen molar-refractivity contribution in [1.29, 1.82) is 0 Å². The Bertz CT molecular complexity index is 1860. The van der Waals surface area contributed by atoms with E-state index in [2.05, 4.69) is 20.8 Å². The second kappa shape index (κ2) is 18.3. The summed E-state index contributed by atoms with van der Waals surface area (Å²) in [6, 6.07) is 12.8. The first-order chi connectivity index (χ1) is 25.4. The molecule has 0 radical (unpaired) electrons. The zero-order chi connectivity index (χ0) is 39.8. The number of carbonyl (C=O) groups is 3. The Morgan fingerprint density at radius 3 is 2.30 bits per heavy atom. The quantitative estimate of drug-likeness (QED) is 0.0891. The highest BCUT2D eigenvalue weighted by Gasteiger charge is 2.44. The molecule has 1 aliphatic heterocycles. The van der Waals surface area contributed by atoms with Crippen LogP contribution in [0.3, 0.4) is 0 Å². The van der Waals surface area contributed by atoms with Gasteiger partial charge < -0.3 is 30.7 Å². The van der Waals surface area contributed by atoms with Crippen LogP contribution in [0.1, 0.15) is 76.3 Å². The molecular formula is C38H53N7O7S2. The molecule has 2 aromatic carbocycles. The third-order valence-corrected chi connectivity index (χ3v) is 11.9. The van der Waals surface area contributed by atoms with Gasteiger partial charge in [-0.2, -0.15) is 4.31 Å². The van der Waals surface area contributed by atoms with Crippen LogP contribution in [-0.2, 0) is 32.6 Å². The molecule has 54 heavy (non-hydrogen) atoms. The largest absolute Gasteiger partial charge is 0.411 e. The van der Waals surface area contributed by atoms with Gasteiger partial charge in [0.1, 0.15) is 11.0 Å². The van der Waals surface area contributed by atoms with Crippen molar-refractivity contribution in [3.05, 3.63) is 81.8 Å². The van der Waals surface area contributed by atoms with Gasteiger partial charge in [0.05, 0.1) is 41.5 Å². The van der Waals surface area contributed by atoms with Crippen LogP contribution in [0.25, 0.3) is 0 Å². The van der Waals surface area contributed by atoms with Gasteiger partial charge in [-0.15, -0.1) is 11.3 Å². The highest BCUT2D eigenvalue weighted by atomic mass is 32.2. The SMILES string of the molecule is CC(=O)N[C@@H](C)c1nc(CN2CCN([C@H](C(=O)N[C@@H](Cc3ccccc3)[C@H](O)CN(CC(C)C)S(=O)(=O)c3ccc(/C=N/O)cc3)C(C)(C)C)C2=O)cs1. The lowest BCUT2D eigenvalue weighted by Gasteiger charge is -2.38. The predicted octanol–water partition coefficient (Wildman–Crippen LogP) is 4.24. The Morgan fingerprint density at radius 1 is 1.04 bits per heavy atom. The summed E-state index contributed by atoms with van der Waals surface area (Å²) in [6.07, 6.45) is 0.0711.